The van der Waals surface area contributed by atoms with Crippen molar-refractivity contribution < 1.29 is 9.15 Å². The molecule has 1 atom stereocenters. The topological polar surface area (TPSA) is 34.4 Å². The zero-order valence-corrected chi connectivity index (χ0v) is 12.1. The van der Waals surface area contributed by atoms with E-state index >= 15 is 0 Å². The second-order valence-electron chi connectivity index (χ2n) is 4.35. The maximum atomic E-state index is 6.19. The minimum Gasteiger partial charge on any atom is -0.495 e. The fourth-order valence-electron chi connectivity index (χ4n) is 2.11. The molecule has 0 saturated carbocycles. The lowest BCUT2D eigenvalue weighted by Crippen LogP contribution is -2.22. The number of hydrogen-bond donors (Lipinski definition) is 1. The molecule has 1 aromatic carbocycles. The van der Waals surface area contributed by atoms with Crippen molar-refractivity contribution in [2.24, 2.45) is 0 Å². The lowest BCUT2D eigenvalue weighted by Gasteiger charge is -2.18. The quantitative estimate of drug-likeness (QED) is 0.900. The minimum absolute atomic E-state index is 0.00315. The summed E-state index contributed by atoms with van der Waals surface area (Å²) in [6, 6.07) is 7.75. The molecule has 0 aliphatic carbocycles. The van der Waals surface area contributed by atoms with Crippen molar-refractivity contribution in [1.82, 2.24) is 5.32 Å². The molecular formula is C15H18ClNO2. The summed E-state index contributed by atoms with van der Waals surface area (Å²) >= 11 is 6.19. The van der Waals surface area contributed by atoms with Crippen LogP contribution in [0.5, 0.6) is 5.75 Å². The average molecular weight is 280 g/mol. The van der Waals surface area contributed by atoms with E-state index in [-0.39, 0.29) is 6.04 Å². The number of furan rings is 1. The van der Waals surface area contributed by atoms with Gasteiger partial charge in [-0.25, -0.2) is 0 Å². The summed E-state index contributed by atoms with van der Waals surface area (Å²) in [4.78, 5) is 0. The van der Waals surface area contributed by atoms with Crippen LogP contribution in [-0.2, 0) is 0 Å². The number of hydrogen-bond acceptors (Lipinski definition) is 3. The molecule has 4 heteroatoms. The third-order valence-electron chi connectivity index (χ3n) is 3.08. The van der Waals surface area contributed by atoms with E-state index in [0.29, 0.717) is 10.8 Å². The van der Waals surface area contributed by atoms with E-state index in [4.69, 9.17) is 20.8 Å². The van der Waals surface area contributed by atoms with Crippen LogP contribution in [0.2, 0.25) is 5.02 Å². The standard InChI is InChI=1S/C15H18ClNO2/c1-4-17-14(15-10(2)7-8-19-15)11-5-6-13(18-3)12(16)9-11/h5-9,14,17H,4H2,1-3H3. The normalized spacial score (nSPS) is 12.4. The molecule has 1 unspecified atom stereocenters. The first-order valence-electron chi connectivity index (χ1n) is 6.28. The third-order valence-corrected chi connectivity index (χ3v) is 3.38. The smallest absolute Gasteiger partial charge is 0.137 e. The van der Waals surface area contributed by atoms with Crippen molar-refractivity contribution in [2.45, 2.75) is 19.9 Å². The van der Waals surface area contributed by atoms with Gasteiger partial charge in [0.2, 0.25) is 0 Å². The Morgan fingerprint density at radius 1 is 1.37 bits per heavy atom. The molecule has 0 amide bonds. The van der Waals surface area contributed by atoms with Gasteiger partial charge in [0.25, 0.3) is 0 Å². The van der Waals surface area contributed by atoms with Crippen LogP contribution in [0.25, 0.3) is 0 Å². The van der Waals surface area contributed by atoms with E-state index in [9.17, 15) is 0 Å². The summed E-state index contributed by atoms with van der Waals surface area (Å²) in [5, 5.41) is 4.02. The molecule has 0 radical (unpaired) electrons. The number of benzene rings is 1. The van der Waals surface area contributed by atoms with Crippen LogP contribution in [0.4, 0.5) is 0 Å². The molecule has 102 valence electrons. The highest BCUT2D eigenvalue weighted by Crippen LogP contribution is 2.31. The maximum absolute atomic E-state index is 6.19. The Kier molecular flexibility index (Phi) is 4.51. The first kappa shape index (κ1) is 14.0. The van der Waals surface area contributed by atoms with Crippen LogP contribution < -0.4 is 10.1 Å². The lowest BCUT2D eigenvalue weighted by atomic mass is 10.0. The van der Waals surface area contributed by atoms with Crippen molar-refractivity contribution in [1.29, 1.82) is 0 Å². The van der Waals surface area contributed by atoms with Crippen molar-refractivity contribution in [3.63, 3.8) is 0 Å². The Labute approximate surface area is 118 Å². The zero-order valence-electron chi connectivity index (χ0n) is 11.4. The van der Waals surface area contributed by atoms with Crippen LogP contribution in [-0.4, -0.2) is 13.7 Å². The van der Waals surface area contributed by atoms with Gasteiger partial charge in [-0.15, -0.1) is 0 Å². The summed E-state index contributed by atoms with van der Waals surface area (Å²) in [7, 11) is 1.61. The maximum Gasteiger partial charge on any atom is 0.137 e. The molecule has 0 aliphatic heterocycles. The van der Waals surface area contributed by atoms with Gasteiger partial charge in [-0.3, -0.25) is 0 Å². The van der Waals surface area contributed by atoms with Crippen molar-refractivity contribution in [3.05, 3.63) is 52.4 Å². The number of methoxy groups -OCH3 is 1. The van der Waals surface area contributed by atoms with Gasteiger partial charge in [0, 0.05) is 0 Å². The van der Waals surface area contributed by atoms with Gasteiger partial charge in [-0.1, -0.05) is 24.6 Å². The average Bonchev–Trinajstić information content (AvgIpc) is 2.82. The van der Waals surface area contributed by atoms with Gasteiger partial charge in [-0.2, -0.15) is 0 Å². The molecule has 0 fully saturated rings. The molecule has 0 saturated heterocycles. The number of ether oxygens (including phenoxy) is 1. The molecule has 0 bridgehead atoms. The number of nitrogens with one attached hydrogen (secondary N) is 1. The third kappa shape index (κ3) is 2.94. The highest BCUT2D eigenvalue weighted by molar-refractivity contribution is 6.32. The molecule has 0 aliphatic rings. The Balaban J connectivity index is 2.39. The first-order valence-corrected chi connectivity index (χ1v) is 6.66. The highest BCUT2D eigenvalue weighted by Gasteiger charge is 2.19. The number of aryl methyl sites for hydroxylation is 1. The van der Waals surface area contributed by atoms with E-state index in [1.54, 1.807) is 13.4 Å². The van der Waals surface area contributed by atoms with Gasteiger partial charge in [-0.05, 0) is 42.8 Å². The minimum atomic E-state index is 0.00315. The first-order chi connectivity index (χ1) is 9.17. The Hall–Kier alpha value is -1.45. The second-order valence-corrected chi connectivity index (χ2v) is 4.76. The van der Waals surface area contributed by atoms with E-state index in [0.717, 1.165) is 23.4 Å². The predicted octanol–water partition coefficient (Wildman–Crippen LogP) is 3.95. The molecule has 1 N–H and O–H groups in total. The molecule has 1 aromatic heterocycles. The molecule has 2 aromatic rings. The molecule has 3 nitrogen and oxygen atoms in total. The molecule has 2 rings (SSSR count). The Morgan fingerprint density at radius 3 is 2.68 bits per heavy atom. The van der Waals surface area contributed by atoms with Crippen LogP contribution >= 0.6 is 11.6 Å². The van der Waals surface area contributed by atoms with Crippen molar-refractivity contribution in [3.8, 4) is 5.75 Å². The number of rotatable bonds is 5. The highest BCUT2D eigenvalue weighted by atomic mass is 35.5. The second kappa shape index (κ2) is 6.13. The number of halogens is 1. The van der Waals surface area contributed by atoms with E-state index in [2.05, 4.69) is 12.2 Å². The fraction of sp³-hybridized carbons (Fsp3) is 0.333. The van der Waals surface area contributed by atoms with Crippen LogP contribution in [0, 0.1) is 6.92 Å². The van der Waals surface area contributed by atoms with Gasteiger partial charge in [0.05, 0.1) is 24.4 Å². The fourth-order valence-corrected chi connectivity index (χ4v) is 2.37. The van der Waals surface area contributed by atoms with E-state index in [1.807, 2.05) is 31.2 Å². The zero-order chi connectivity index (χ0) is 13.8. The van der Waals surface area contributed by atoms with Crippen LogP contribution in [0.1, 0.15) is 29.9 Å². The van der Waals surface area contributed by atoms with E-state index < -0.39 is 0 Å². The summed E-state index contributed by atoms with van der Waals surface area (Å²) in [6.45, 7) is 4.94. The summed E-state index contributed by atoms with van der Waals surface area (Å²) in [5.74, 6) is 1.60. The lowest BCUT2D eigenvalue weighted by molar-refractivity contribution is 0.414. The monoisotopic (exact) mass is 279 g/mol. The summed E-state index contributed by atoms with van der Waals surface area (Å²) in [5.41, 5.74) is 2.18. The Morgan fingerprint density at radius 2 is 2.16 bits per heavy atom. The van der Waals surface area contributed by atoms with Gasteiger partial charge in [0.15, 0.2) is 0 Å². The van der Waals surface area contributed by atoms with Gasteiger partial charge < -0.3 is 14.5 Å². The van der Waals surface area contributed by atoms with Crippen LogP contribution in [0.15, 0.2) is 34.9 Å². The predicted molar refractivity (Wildman–Crippen MR) is 77.0 cm³/mol. The summed E-state index contributed by atoms with van der Waals surface area (Å²) < 4.78 is 10.8. The van der Waals surface area contributed by atoms with Crippen molar-refractivity contribution in [2.75, 3.05) is 13.7 Å². The SMILES string of the molecule is CCNC(c1ccc(OC)c(Cl)c1)c1occc1C. The van der Waals surface area contributed by atoms with Crippen molar-refractivity contribution >= 4 is 11.6 Å². The molecule has 19 heavy (non-hydrogen) atoms. The van der Waals surface area contributed by atoms with Gasteiger partial charge in [0.1, 0.15) is 11.5 Å². The molecule has 1 heterocycles. The van der Waals surface area contributed by atoms with Gasteiger partial charge >= 0.3 is 0 Å². The summed E-state index contributed by atoms with van der Waals surface area (Å²) in [6.07, 6.45) is 1.71. The molecular weight excluding hydrogens is 262 g/mol. The van der Waals surface area contributed by atoms with E-state index in [1.165, 1.54) is 0 Å². The Bertz CT molecular complexity index is 551. The molecule has 0 spiro atoms. The largest absolute Gasteiger partial charge is 0.495 e. The van der Waals surface area contributed by atoms with Crippen LogP contribution in [0.3, 0.4) is 0 Å².